The van der Waals surface area contributed by atoms with Crippen molar-refractivity contribution in [3.8, 4) is 5.88 Å². The van der Waals surface area contributed by atoms with Gasteiger partial charge in [-0.1, -0.05) is 0 Å². The highest BCUT2D eigenvalue weighted by atomic mass is 32.1. The van der Waals surface area contributed by atoms with E-state index >= 15 is 0 Å². The van der Waals surface area contributed by atoms with Crippen molar-refractivity contribution < 1.29 is 19.4 Å². The molecule has 2 aliphatic carbocycles. The van der Waals surface area contributed by atoms with Gasteiger partial charge in [0.2, 0.25) is 5.88 Å². The second-order valence-corrected chi connectivity index (χ2v) is 11.1. The molecule has 4 rings (SSSR count). The Balaban J connectivity index is 1.45. The number of thiophene rings is 1. The molecule has 0 bridgehead atoms. The van der Waals surface area contributed by atoms with Gasteiger partial charge in [-0.3, -0.25) is 0 Å². The molecule has 7 nitrogen and oxygen atoms in total. The van der Waals surface area contributed by atoms with Crippen molar-refractivity contribution in [3.63, 3.8) is 0 Å². The molecule has 176 valence electrons. The summed E-state index contributed by atoms with van der Waals surface area (Å²) in [7, 11) is 1.83. The van der Waals surface area contributed by atoms with E-state index < -0.39 is 5.60 Å². The Hall–Kier alpha value is -1.93. The van der Waals surface area contributed by atoms with Crippen LogP contribution in [-0.4, -0.2) is 57.5 Å². The van der Waals surface area contributed by atoms with Crippen molar-refractivity contribution >= 4 is 27.6 Å². The maximum Gasteiger partial charge on any atom is 0.410 e. The van der Waals surface area contributed by atoms with E-state index in [0.29, 0.717) is 11.8 Å². The van der Waals surface area contributed by atoms with Crippen LogP contribution in [0, 0.1) is 0 Å². The van der Waals surface area contributed by atoms with E-state index in [1.54, 1.807) is 22.6 Å². The highest BCUT2D eigenvalue weighted by molar-refractivity contribution is 7.18. The van der Waals surface area contributed by atoms with Crippen LogP contribution in [0.5, 0.6) is 5.88 Å². The molecule has 1 saturated carbocycles. The van der Waals surface area contributed by atoms with Crippen LogP contribution in [-0.2, 0) is 11.2 Å². The first kappa shape index (κ1) is 23.2. The van der Waals surface area contributed by atoms with Crippen LogP contribution in [0.4, 0.5) is 4.79 Å². The quantitative estimate of drug-likeness (QED) is 0.671. The van der Waals surface area contributed by atoms with Crippen molar-refractivity contribution in [1.29, 1.82) is 0 Å². The molecule has 2 aliphatic rings. The molecule has 2 heterocycles. The average Bonchev–Trinajstić information content (AvgIpc) is 3.13. The Morgan fingerprint density at radius 1 is 1.22 bits per heavy atom. The summed E-state index contributed by atoms with van der Waals surface area (Å²) in [5, 5.41) is 10.6. The van der Waals surface area contributed by atoms with Crippen molar-refractivity contribution in [1.82, 2.24) is 14.9 Å². The number of aliphatic hydroxyl groups excluding tert-OH is 1. The third kappa shape index (κ3) is 5.01. The SMILES string of the molecule is CN(C(=O)OC(C)(C)C)C1CCC(Oc2ncnc3sc4c(c23)[C@@H](CCO)CCC4)CC1. The number of aliphatic hydroxyl groups is 1. The maximum absolute atomic E-state index is 12.4. The molecule has 0 radical (unpaired) electrons. The molecule has 0 spiro atoms. The molecule has 0 unspecified atom stereocenters. The van der Waals surface area contributed by atoms with E-state index in [0.717, 1.165) is 61.6 Å². The molecule has 1 amide bonds. The van der Waals surface area contributed by atoms with Crippen LogP contribution in [0.15, 0.2) is 6.33 Å². The van der Waals surface area contributed by atoms with Gasteiger partial charge in [0.1, 0.15) is 22.9 Å². The number of carbonyl (C=O) groups excluding carboxylic acids is 1. The third-order valence-corrected chi connectivity index (χ3v) is 7.73. The van der Waals surface area contributed by atoms with E-state index in [-0.39, 0.29) is 24.8 Å². The summed E-state index contributed by atoms with van der Waals surface area (Å²) in [4.78, 5) is 25.6. The molecule has 32 heavy (non-hydrogen) atoms. The van der Waals surface area contributed by atoms with Gasteiger partial charge in [0.25, 0.3) is 0 Å². The summed E-state index contributed by atoms with van der Waals surface area (Å²) in [5.41, 5.74) is 0.816. The second kappa shape index (κ2) is 9.51. The maximum atomic E-state index is 12.4. The molecular weight excluding hydrogens is 426 g/mol. The number of aromatic nitrogens is 2. The van der Waals surface area contributed by atoms with Crippen LogP contribution in [0.25, 0.3) is 10.2 Å². The zero-order chi connectivity index (χ0) is 22.9. The normalized spacial score (nSPS) is 23.6. The predicted octanol–water partition coefficient (Wildman–Crippen LogP) is 5.05. The van der Waals surface area contributed by atoms with Crippen molar-refractivity contribution in [3.05, 3.63) is 16.8 Å². The largest absolute Gasteiger partial charge is 0.474 e. The van der Waals surface area contributed by atoms with E-state index in [2.05, 4.69) is 9.97 Å². The number of hydrogen-bond donors (Lipinski definition) is 1. The summed E-state index contributed by atoms with van der Waals surface area (Å²) in [6.07, 6.45) is 9.00. The lowest BCUT2D eigenvalue weighted by Crippen LogP contribution is -2.43. The first-order chi connectivity index (χ1) is 15.3. The summed E-state index contributed by atoms with van der Waals surface area (Å²) in [5.74, 6) is 1.03. The number of hydrogen-bond acceptors (Lipinski definition) is 7. The molecule has 1 atom stereocenters. The Kier molecular flexibility index (Phi) is 6.91. The van der Waals surface area contributed by atoms with Gasteiger partial charge in [-0.15, -0.1) is 11.3 Å². The zero-order valence-corrected chi connectivity index (χ0v) is 20.4. The third-order valence-electron chi connectivity index (χ3n) is 6.56. The first-order valence-electron chi connectivity index (χ1n) is 11.8. The molecule has 2 aromatic heterocycles. The Morgan fingerprint density at radius 3 is 2.66 bits per heavy atom. The lowest BCUT2D eigenvalue weighted by molar-refractivity contribution is 0.0137. The van der Waals surface area contributed by atoms with Gasteiger partial charge in [0.05, 0.1) is 5.39 Å². The van der Waals surface area contributed by atoms with Gasteiger partial charge in [0.15, 0.2) is 0 Å². The molecule has 0 aromatic carbocycles. The number of nitrogens with zero attached hydrogens (tertiary/aromatic N) is 3. The van der Waals surface area contributed by atoms with Crippen LogP contribution in [0.3, 0.4) is 0 Å². The van der Waals surface area contributed by atoms with Crippen LogP contribution < -0.4 is 4.74 Å². The lowest BCUT2D eigenvalue weighted by Gasteiger charge is -2.35. The fourth-order valence-electron chi connectivity index (χ4n) is 4.97. The Morgan fingerprint density at radius 2 is 1.97 bits per heavy atom. The number of carbonyl (C=O) groups is 1. The standard InChI is InChI=1S/C24H35N3O4S/c1-24(2,3)31-23(29)27(4)16-8-10-17(11-9-16)30-21-20-19-15(12-13-28)6-5-7-18(19)32-22(20)26-14-25-21/h14-17,28H,5-13H2,1-4H3/t15-,16?,17?/m1/s1. The minimum atomic E-state index is -0.488. The molecule has 2 aromatic rings. The van der Waals surface area contributed by atoms with Crippen LogP contribution in [0.2, 0.25) is 0 Å². The monoisotopic (exact) mass is 461 g/mol. The van der Waals surface area contributed by atoms with Crippen LogP contribution >= 0.6 is 11.3 Å². The van der Waals surface area contributed by atoms with Gasteiger partial charge in [-0.25, -0.2) is 14.8 Å². The predicted molar refractivity (Wildman–Crippen MR) is 125 cm³/mol. The molecule has 1 N–H and O–H groups in total. The van der Waals surface area contributed by atoms with Gasteiger partial charge < -0.3 is 19.5 Å². The number of fused-ring (bicyclic) bond motifs is 3. The highest BCUT2D eigenvalue weighted by Gasteiger charge is 2.32. The lowest BCUT2D eigenvalue weighted by atomic mass is 9.84. The summed E-state index contributed by atoms with van der Waals surface area (Å²) in [6.45, 7) is 5.86. The molecule has 8 heteroatoms. The van der Waals surface area contributed by atoms with Gasteiger partial charge in [-0.2, -0.15) is 0 Å². The minimum absolute atomic E-state index is 0.0758. The minimum Gasteiger partial charge on any atom is -0.474 e. The topological polar surface area (TPSA) is 84.8 Å². The Labute approximate surface area is 194 Å². The highest BCUT2D eigenvalue weighted by Crippen LogP contribution is 2.46. The average molecular weight is 462 g/mol. The smallest absolute Gasteiger partial charge is 0.410 e. The fraction of sp³-hybridized carbons (Fsp3) is 0.708. The van der Waals surface area contributed by atoms with E-state index in [9.17, 15) is 9.90 Å². The molecular formula is C24H35N3O4S. The van der Waals surface area contributed by atoms with Crippen LogP contribution in [0.1, 0.15) is 82.1 Å². The van der Waals surface area contributed by atoms with Crippen molar-refractivity contribution in [2.75, 3.05) is 13.7 Å². The molecule has 0 saturated heterocycles. The number of ether oxygens (including phenoxy) is 2. The summed E-state index contributed by atoms with van der Waals surface area (Å²) < 4.78 is 12.0. The second-order valence-electron chi connectivity index (χ2n) is 10.0. The van der Waals surface area contributed by atoms with Crippen molar-refractivity contribution in [2.45, 2.75) is 95.8 Å². The Bertz CT molecular complexity index is 947. The van der Waals surface area contributed by atoms with E-state index in [1.807, 2.05) is 27.8 Å². The molecule has 1 fully saturated rings. The van der Waals surface area contributed by atoms with Crippen molar-refractivity contribution in [2.24, 2.45) is 0 Å². The number of aryl methyl sites for hydroxylation is 1. The zero-order valence-electron chi connectivity index (χ0n) is 19.6. The first-order valence-corrected chi connectivity index (χ1v) is 12.6. The number of amides is 1. The summed E-state index contributed by atoms with van der Waals surface area (Å²) in [6, 6.07) is 0.165. The summed E-state index contributed by atoms with van der Waals surface area (Å²) >= 11 is 1.75. The molecule has 0 aliphatic heterocycles. The van der Waals surface area contributed by atoms with E-state index in [4.69, 9.17) is 9.47 Å². The van der Waals surface area contributed by atoms with E-state index in [1.165, 1.54) is 10.4 Å². The fourth-order valence-corrected chi connectivity index (χ4v) is 6.23. The van der Waals surface area contributed by atoms with Gasteiger partial charge >= 0.3 is 6.09 Å². The van der Waals surface area contributed by atoms with Gasteiger partial charge in [-0.05, 0) is 83.6 Å². The number of rotatable bonds is 5. The van der Waals surface area contributed by atoms with Gasteiger partial charge in [0, 0.05) is 24.6 Å².